The Morgan fingerprint density at radius 3 is 1.74 bits per heavy atom. The highest BCUT2D eigenvalue weighted by Gasteiger charge is 2.13. The van der Waals surface area contributed by atoms with Crippen molar-refractivity contribution in [3.8, 4) is 46.0 Å². The van der Waals surface area contributed by atoms with E-state index in [2.05, 4.69) is 31.6 Å². The van der Waals surface area contributed by atoms with Crippen molar-refractivity contribution in [3.05, 3.63) is 145 Å². The van der Waals surface area contributed by atoms with Gasteiger partial charge < -0.3 is 18.9 Å². The Kier molecular flexibility index (Phi) is 10.5. The van der Waals surface area contributed by atoms with Gasteiger partial charge in [-0.05, 0) is 97.8 Å². The van der Waals surface area contributed by atoms with Gasteiger partial charge in [-0.25, -0.2) is 19.2 Å². The third-order valence-corrected chi connectivity index (χ3v) is 6.16. The monoisotopic (exact) mass is 612 g/mol. The second-order valence-corrected chi connectivity index (χ2v) is 9.89. The summed E-state index contributed by atoms with van der Waals surface area (Å²) >= 11 is 0. The van der Waals surface area contributed by atoms with Gasteiger partial charge in [0.05, 0.1) is 11.1 Å². The van der Waals surface area contributed by atoms with E-state index >= 15 is 0 Å². The summed E-state index contributed by atoms with van der Waals surface area (Å²) in [5, 5.41) is 0. The zero-order valence-electron chi connectivity index (χ0n) is 25.1. The highest BCUT2D eigenvalue weighted by molar-refractivity contribution is 5.92. The van der Waals surface area contributed by atoms with Crippen LogP contribution in [0.2, 0.25) is 0 Å². The predicted octanol–water partition coefficient (Wildman–Crippen LogP) is 7.03. The fraction of sp³-hybridized carbons (Fsp3) is 0.0526. The number of esters is 4. The molecule has 0 saturated heterocycles. The summed E-state index contributed by atoms with van der Waals surface area (Å²) in [5.41, 5.74) is 3.35. The summed E-state index contributed by atoms with van der Waals surface area (Å²) in [4.78, 5) is 48.1. The van der Waals surface area contributed by atoms with E-state index in [-0.39, 0.29) is 28.2 Å². The van der Waals surface area contributed by atoms with Crippen LogP contribution in [0.15, 0.2) is 128 Å². The van der Waals surface area contributed by atoms with Crippen LogP contribution in [0.4, 0.5) is 0 Å². The van der Waals surface area contributed by atoms with Crippen LogP contribution in [0.1, 0.15) is 35.3 Å². The van der Waals surface area contributed by atoms with Crippen LogP contribution in [0, 0.1) is 11.8 Å². The Balaban J connectivity index is 1.50. The zero-order chi connectivity index (χ0) is 33.2. The quantitative estimate of drug-likeness (QED) is 0.0859. The van der Waals surface area contributed by atoms with Crippen molar-refractivity contribution >= 4 is 23.9 Å². The van der Waals surface area contributed by atoms with Gasteiger partial charge >= 0.3 is 23.9 Å². The van der Waals surface area contributed by atoms with Crippen molar-refractivity contribution in [2.45, 2.75) is 13.8 Å². The van der Waals surface area contributed by atoms with E-state index in [0.717, 1.165) is 17.2 Å². The summed E-state index contributed by atoms with van der Waals surface area (Å²) in [6.07, 6.45) is 1.07. The van der Waals surface area contributed by atoms with Crippen LogP contribution < -0.4 is 18.9 Å². The first kappa shape index (κ1) is 32.5. The average molecular weight is 613 g/mol. The first-order valence-electron chi connectivity index (χ1n) is 13.8. The number of hydrogen-bond donors (Lipinski definition) is 0. The van der Waals surface area contributed by atoms with E-state index < -0.39 is 23.9 Å². The van der Waals surface area contributed by atoms with E-state index in [9.17, 15) is 19.2 Å². The fourth-order valence-corrected chi connectivity index (χ4v) is 3.71. The maximum Gasteiger partial charge on any atom is 0.343 e. The lowest BCUT2D eigenvalue weighted by Crippen LogP contribution is -2.10. The van der Waals surface area contributed by atoms with E-state index in [1.807, 2.05) is 6.07 Å². The molecular weight excluding hydrogens is 584 g/mol. The third kappa shape index (κ3) is 8.78. The number of benzene rings is 4. The zero-order valence-corrected chi connectivity index (χ0v) is 25.1. The van der Waals surface area contributed by atoms with Crippen LogP contribution in [0.3, 0.4) is 0 Å². The molecule has 228 valence electrons. The molecule has 8 heteroatoms. The molecule has 4 aromatic rings. The number of carbonyl (C=O) groups is 4. The van der Waals surface area contributed by atoms with Crippen molar-refractivity contribution in [1.29, 1.82) is 0 Å². The molecule has 46 heavy (non-hydrogen) atoms. The molecule has 4 rings (SSSR count). The second-order valence-electron chi connectivity index (χ2n) is 9.89. The lowest BCUT2D eigenvalue weighted by atomic mass is 10.0. The minimum Gasteiger partial charge on any atom is -0.423 e. The molecule has 0 radical (unpaired) electrons. The molecule has 0 heterocycles. The highest BCUT2D eigenvalue weighted by atomic mass is 16.5. The first-order chi connectivity index (χ1) is 22.0. The van der Waals surface area contributed by atoms with Crippen molar-refractivity contribution in [3.63, 3.8) is 0 Å². The van der Waals surface area contributed by atoms with E-state index in [4.69, 9.17) is 18.9 Å². The predicted molar refractivity (Wildman–Crippen MR) is 172 cm³/mol. The lowest BCUT2D eigenvalue weighted by molar-refractivity contribution is -0.130. The average Bonchev–Trinajstić information content (AvgIpc) is 3.05. The summed E-state index contributed by atoms with van der Waals surface area (Å²) in [5.74, 6) is 4.91. The van der Waals surface area contributed by atoms with Gasteiger partial charge in [-0.3, -0.25) is 0 Å². The number of carbonyl (C=O) groups excluding carboxylic acids is 4. The van der Waals surface area contributed by atoms with Gasteiger partial charge in [0.2, 0.25) is 0 Å². The molecule has 0 aromatic heterocycles. The minimum absolute atomic E-state index is 0.225. The van der Waals surface area contributed by atoms with Gasteiger partial charge in [0.15, 0.2) is 0 Å². The molecule has 0 aliphatic heterocycles. The van der Waals surface area contributed by atoms with Crippen LogP contribution in [0.25, 0.3) is 11.1 Å². The lowest BCUT2D eigenvalue weighted by Gasteiger charge is -2.10. The Morgan fingerprint density at radius 1 is 0.609 bits per heavy atom. The maximum atomic E-state index is 12.7. The van der Waals surface area contributed by atoms with Crippen LogP contribution in [0.5, 0.6) is 23.0 Å². The Bertz CT molecular complexity index is 1900. The van der Waals surface area contributed by atoms with Crippen LogP contribution in [-0.2, 0) is 14.4 Å². The molecule has 0 bridgehead atoms. The maximum absolute atomic E-state index is 12.7. The van der Waals surface area contributed by atoms with Crippen LogP contribution >= 0.6 is 0 Å². The molecule has 0 amide bonds. The molecule has 0 saturated carbocycles. The standard InChI is InChI=1S/C38H28O8/c1-6-35(39)43-31-17-8-26(9-18-31)7-10-28-11-12-30(23-34(28)46-37(41)25(4)5)27-13-19-33(20-14-27)45-38(42)29-15-21-32(22-16-29)44-36(40)24(2)3/h6,8-9,11-23H,1-2,4H2,3,5H3. The first-order valence-corrected chi connectivity index (χ1v) is 13.8. The summed E-state index contributed by atoms with van der Waals surface area (Å²) in [6.45, 7) is 13.6. The second kappa shape index (κ2) is 14.8. The van der Waals surface area contributed by atoms with Crippen molar-refractivity contribution < 1.29 is 38.1 Å². The molecule has 0 unspecified atom stereocenters. The van der Waals surface area contributed by atoms with Gasteiger partial charge in [-0.2, -0.15) is 0 Å². The van der Waals surface area contributed by atoms with E-state index in [1.54, 1.807) is 67.6 Å². The van der Waals surface area contributed by atoms with Gasteiger partial charge in [0.25, 0.3) is 0 Å². The summed E-state index contributed by atoms with van der Waals surface area (Å²) in [7, 11) is 0. The molecule has 8 nitrogen and oxygen atoms in total. The Hall–Kier alpha value is -6.46. The van der Waals surface area contributed by atoms with Gasteiger partial charge in [0.1, 0.15) is 23.0 Å². The summed E-state index contributed by atoms with van der Waals surface area (Å²) < 4.78 is 21.3. The van der Waals surface area contributed by atoms with Crippen molar-refractivity contribution in [2.24, 2.45) is 0 Å². The van der Waals surface area contributed by atoms with Gasteiger partial charge in [-0.15, -0.1) is 0 Å². The topological polar surface area (TPSA) is 105 Å². The number of hydrogen-bond acceptors (Lipinski definition) is 8. The molecule has 0 aliphatic carbocycles. The van der Waals surface area contributed by atoms with Crippen molar-refractivity contribution in [1.82, 2.24) is 0 Å². The molecule has 0 atom stereocenters. The molecule has 0 spiro atoms. The Labute approximate surface area is 266 Å². The molecular formula is C38H28O8. The molecule has 4 aromatic carbocycles. The van der Waals surface area contributed by atoms with E-state index in [1.165, 1.54) is 31.2 Å². The van der Waals surface area contributed by atoms with Gasteiger partial charge in [-0.1, -0.05) is 49.8 Å². The largest absolute Gasteiger partial charge is 0.423 e. The number of ether oxygens (including phenoxy) is 4. The smallest absolute Gasteiger partial charge is 0.343 e. The molecule has 0 N–H and O–H groups in total. The Morgan fingerprint density at radius 2 is 1.13 bits per heavy atom. The normalized spacial score (nSPS) is 9.96. The summed E-state index contributed by atoms with van der Waals surface area (Å²) in [6, 6.07) is 24.6. The molecule has 0 aliphatic rings. The SMILES string of the molecule is C=CC(=O)Oc1ccc(C#Cc2ccc(-c3ccc(OC(=O)c4ccc(OC(=O)C(=C)C)cc4)cc3)cc2OC(=O)C(=C)C)cc1. The van der Waals surface area contributed by atoms with Crippen molar-refractivity contribution in [2.75, 3.05) is 0 Å². The highest BCUT2D eigenvalue weighted by Crippen LogP contribution is 2.29. The third-order valence-electron chi connectivity index (χ3n) is 6.16. The van der Waals surface area contributed by atoms with E-state index in [0.29, 0.717) is 22.6 Å². The minimum atomic E-state index is -0.599. The number of rotatable bonds is 9. The fourth-order valence-electron chi connectivity index (χ4n) is 3.71. The van der Waals surface area contributed by atoms with Crippen LogP contribution in [-0.4, -0.2) is 23.9 Å². The van der Waals surface area contributed by atoms with Gasteiger partial charge in [0, 0.05) is 22.8 Å². The molecule has 0 fully saturated rings.